The summed E-state index contributed by atoms with van der Waals surface area (Å²) in [5.41, 5.74) is -0.225. The predicted octanol–water partition coefficient (Wildman–Crippen LogP) is 0.110. The third-order valence-electron chi connectivity index (χ3n) is 1.90. The van der Waals surface area contributed by atoms with E-state index in [1.807, 2.05) is 0 Å². The van der Waals surface area contributed by atoms with Crippen molar-refractivity contribution in [2.45, 2.75) is 6.23 Å². The smallest absolute Gasteiger partial charge is 0.337 e. The van der Waals surface area contributed by atoms with Gasteiger partial charge in [0.25, 0.3) is 0 Å². The molecule has 2 heterocycles. The number of aliphatic hydroxyl groups excluding tert-OH is 1. The summed E-state index contributed by atoms with van der Waals surface area (Å²) in [5.74, 6) is -1.03. The van der Waals surface area contributed by atoms with E-state index in [2.05, 4.69) is 9.98 Å². The number of hydrogen-bond donors (Lipinski definition) is 2. The third kappa shape index (κ3) is 1.64. The van der Waals surface area contributed by atoms with Gasteiger partial charge < -0.3 is 10.2 Å². The van der Waals surface area contributed by atoms with Gasteiger partial charge in [0, 0.05) is 12.4 Å². The lowest BCUT2D eigenvalue weighted by molar-refractivity contribution is -0.134. The minimum absolute atomic E-state index is 0.205. The van der Waals surface area contributed by atoms with E-state index in [0.29, 0.717) is 5.03 Å². The number of guanidine groups is 1. The van der Waals surface area contributed by atoms with Crippen molar-refractivity contribution in [3.8, 4) is 0 Å². The van der Waals surface area contributed by atoms with Crippen LogP contribution in [0.5, 0.6) is 0 Å². The number of aliphatic hydroxyl groups is 1. The summed E-state index contributed by atoms with van der Waals surface area (Å²) >= 11 is 5.67. The molecule has 1 atom stereocenters. The highest BCUT2D eigenvalue weighted by Gasteiger charge is 2.30. The number of hydrogen-bond acceptors (Lipinski definition) is 5. The average molecular weight is 228 g/mol. The summed E-state index contributed by atoms with van der Waals surface area (Å²) in [4.78, 5) is 19.5. The largest absolute Gasteiger partial charge is 0.478 e. The summed E-state index contributed by atoms with van der Waals surface area (Å²) in [7, 11) is 0. The van der Waals surface area contributed by atoms with E-state index in [9.17, 15) is 9.90 Å². The number of carbonyl (C=O) groups is 1. The Labute approximate surface area is 89.5 Å². The number of rotatable bonds is 1. The van der Waals surface area contributed by atoms with Gasteiger partial charge >= 0.3 is 5.97 Å². The van der Waals surface area contributed by atoms with E-state index in [0.717, 1.165) is 6.20 Å². The molecule has 2 rings (SSSR count). The van der Waals surface area contributed by atoms with Crippen LogP contribution in [0.4, 0.5) is 0 Å². The second-order valence-electron chi connectivity index (χ2n) is 2.87. The van der Waals surface area contributed by atoms with Crippen LogP contribution in [0.1, 0.15) is 0 Å². The number of halogens is 1. The average Bonchev–Trinajstić information content (AvgIpc) is 2.19. The van der Waals surface area contributed by atoms with Gasteiger partial charge in [0.15, 0.2) is 6.23 Å². The molecular weight excluding hydrogens is 222 g/mol. The summed E-state index contributed by atoms with van der Waals surface area (Å²) < 4.78 is 0. The molecule has 2 aliphatic heterocycles. The van der Waals surface area contributed by atoms with Crippen LogP contribution in [-0.2, 0) is 4.79 Å². The predicted molar refractivity (Wildman–Crippen MR) is 53.4 cm³/mol. The molecule has 78 valence electrons. The number of carboxylic acid groups (broad SMARTS) is 1. The van der Waals surface area contributed by atoms with Gasteiger partial charge in [-0.3, -0.25) is 4.90 Å². The first-order valence-electron chi connectivity index (χ1n) is 3.98. The normalized spacial score (nSPS) is 24.0. The Kier molecular flexibility index (Phi) is 2.29. The standard InChI is InChI=1S/C8H6ClN3O3/c9-4-1-10-8-11-2-5(7(14)15)6(13)12(8)3-4/h1-3,6,13H,(H,14,15)/t6-/m0/s1. The molecular formula is C8H6ClN3O3. The quantitative estimate of drug-likeness (QED) is 0.666. The molecule has 0 aromatic heterocycles. The van der Waals surface area contributed by atoms with Gasteiger partial charge in [0.05, 0.1) is 11.2 Å². The summed E-state index contributed by atoms with van der Waals surface area (Å²) in [6.07, 6.45) is 2.49. The van der Waals surface area contributed by atoms with Gasteiger partial charge in [-0.1, -0.05) is 11.6 Å². The zero-order chi connectivity index (χ0) is 11.0. The van der Waals surface area contributed by atoms with Crippen LogP contribution in [0.15, 0.2) is 33.0 Å². The van der Waals surface area contributed by atoms with Crippen LogP contribution in [0, 0.1) is 0 Å². The maximum atomic E-state index is 10.7. The Balaban J connectivity index is 2.40. The van der Waals surface area contributed by atoms with Gasteiger partial charge in [0.2, 0.25) is 5.96 Å². The first-order valence-corrected chi connectivity index (χ1v) is 4.36. The van der Waals surface area contributed by atoms with Crippen molar-refractivity contribution in [3.63, 3.8) is 0 Å². The van der Waals surface area contributed by atoms with E-state index in [1.165, 1.54) is 17.3 Å². The van der Waals surface area contributed by atoms with E-state index in [1.54, 1.807) is 0 Å². The molecule has 0 radical (unpaired) electrons. The highest BCUT2D eigenvalue weighted by atomic mass is 35.5. The maximum absolute atomic E-state index is 10.7. The second kappa shape index (κ2) is 3.48. The molecule has 0 unspecified atom stereocenters. The lowest BCUT2D eigenvalue weighted by atomic mass is 10.2. The molecule has 0 saturated heterocycles. The van der Waals surface area contributed by atoms with Crippen LogP contribution >= 0.6 is 11.6 Å². The molecule has 0 saturated carbocycles. The van der Waals surface area contributed by atoms with Crippen molar-refractivity contribution in [3.05, 3.63) is 23.0 Å². The number of fused-ring (bicyclic) bond motifs is 1. The topological polar surface area (TPSA) is 85.5 Å². The molecule has 0 bridgehead atoms. The number of carboxylic acids is 1. The van der Waals surface area contributed by atoms with Crippen LogP contribution in [0.2, 0.25) is 0 Å². The van der Waals surface area contributed by atoms with Crippen molar-refractivity contribution >= 4 is 29.7 Å². The minimum atomic E-state index is -1.32. The van der Waals surface area contributed by atoms with E-state index in [4.69, 9.17) is 16.7 Å². The van der Waals surface area contributed by atoms with Crippen molar-refractivity contribution < 1.29 is 15.0 Å². The van der Waals surface area contributed by atoms with Gasteiger partial charge in [-0.25, -0.2) is 14.8 Å². The SMILES string of the molecule is O=C(O)C1=CN=C2N=CC(Cl)=CN2[C@H]1O. The van der Waals surface area contributed by atoms with Crippen molar-refractivity contribution in [2.75, 3.05) is 0 Å². The molecule has 0 aromatic carbocycles. The first-order chi connectivity index (χ1) is 7.09. The summed E-state index contributed by atoms with van der Waals surface area (Å²) in [6, 6.07) is 0. The van der Waals surface area contributed by atoms with Crippen molar-refractivity contribution in [1.29, 1.82) is 0 Å². The molecule has 0 aromatic rings. The number of aliphatic carboxylic acids is 1. The molecule has 0 amide bonds. The van der Waals surface area contributed by atoms with Crippen LogP contribution in [-0.4, -0.2) is 39.5 Å². The number of allylic oxidation sites excluding steroid dienone is 1. The molecule has 6 nitrogen and oxygen atoms in total. The fourth-order valence-corrected chi connectivity index (χ4v) is 1.35. The van der Waals surface area contributed by atoms with Gasteiger partial charge in [-0.15, -0.1) is 0 Å². The van der Waals surface area contributed by atoms with Crippen LogP contribution < -0.4 is 0 Å². The molecule has 2 N–H and O–H groups in total. The molecule has 0 aliphatic carbocycles. The maximum Gasteiger partial charge on any atom is 0.337 e. The number of nitrogens with zero attached hydrogens (tertiary/aromatic N) is 3. The van der Waals surface area contributed by atoms with E-state index >= 15 is 0 Å². The van der Waals surface area contributed by atoms with E-state index < -0.39 is 12.2 Å². The number of aliphatic imine (C=N–C) groups is 2. The van der Waals surface area contributed by atoms with Crippen molar-refractivity contribution in [2.24, 2.45) is 9.98 Å². The Hall–Kier alpha value is -1.66. The minimum Gasteiger partial charge on any atom is -0.478 e. The Morgan fingerprint density at radius 2 is 2.33 bits per heavy atom. The zero-order valence-electron chi connectivity index (χ0n) is 7.33. The Bertz CT molecular complexity index is 438. The van der Waals surface area contributed by atoms with Gasteiger partial charge in [0.1, 0.15) is 5.57 Å². The highest BCUT2D eigenvalue weighted by Crippen LogP contribution is 2.20. The molecule has 7 heteroatoms. The summed E-state index contributed by atoms with van der Waals surface area (Å²) in [6.45, 7) is 0. The molecule has 0 fully saturated rings. The van der Waals surface area contributed by atoms with Gasteiger partial charge in [-0.05, 0) is 0 Å². The fourth-order valence-electron chi connectivity index (χ4n) is 1.20. The first kappa shape index (κ1) is 9.88. The second-order valence-corrected chi connectivity index (χ2v) is 3.31. The highest BCUT2D eigenvalue weighted by molar-refractivity contribution is 6.40. The Morgan fingerprint density at radius 1 is 1.60 bits per heavy atom. The van der Waals surface area contributed by atoms with Crippen molar-refractivity contribution in [1.82, 2.24) is 4.90 Å². The lowest BCUT2D eigenvalue weighted by Gasteiger charge is -2.29. The molecule has 15 heavy (non-hydrogen) atoms. The monoisotopic (exact) mass is 227 g/mol. The van der Waals surface area contributed by atoms with Crippen LogP contribution in [0.25, 0.3) is 0 Å². The Morgan fingerprint density at radius 3 is 3.00 bits per heavy atom. The molecule has 0 spiro atoms. The van der Waals surface area contributed by atoms with E-state index in [-0.39, 0.29) is 11.5 Å². The zero-order valence-corrected chi connectivity index (χ0v) is 8.09. The third-order valence-corrected chi connectivity index (χ3v) is 2.10. The van der Waals surface area contributed by atoms with Gasteiger partial charge in [-0.2, -0.15) is 0 Å². The fraction of sp³-hybridized carbons (Fsp3) is 0.125. The van der Waals surface area contributed by atoms with Crippen LogP contribution in [0.3, 0.4) is 0 Å². The lowest BCUT2D eigenvalue weighted by Crippen LogP contribution is -2.42. The molecule has 2 aliphatic rings. The summed E-state index contributed by atoms with van der Waals surface area (Å²) in [5, 5.41) is 18.7.